The Hall–Kier alpha value is -2.35. The van der Waals surface area contributed by atoms with Gasteiger partial charge in [0.05, 0.1) is 6.04 Å². The van der Waals surface area contributed by atoms with Gasteiger partial charge in [0.1, 0.15) is 5.54 Å². The molecule has 1 aliphatic carbocycles. The SMILES string of the molecule is CCN(CC)C1(c2nnnn2C2CCCC2)CCN(C(=O)c2ccncc2)C1. The van der Waals surface area contributed by atoms with Crippen molar-refractivity contribution in [2.75, 3.05) is 26.2 Å². The molecule has 150 valence electrons. The number of amides is 1. The Morgan fingerprint density at radius 2 is 1.93 bits per heavy atom. The summed E-state index contributed by atoms with van der Waals surface area (Å²) in [6.07, 6.45) is 8.91. The van der Waals surface area contributed by atoms with E-state index in [2.05, 4.69) is 43.9 Å². The minimum atomic E-state index is -0.335. The predicted octanol–water partition coefficient (Wildman–Crippen LogP) is 2.27. The van der Waals surface area contributed by atoms with Crippen molar-refractivity contribution in [3.63, 3.8) is 0 Å². The second kappa shape index (κ2) is 7.95. The third-order valence-corrected chi connectivity index (χ3v) is 6.41. The van der Waals surface area contributed by atoms with Crippen molar-refractivity contribution < 1.29 is 4.79 Å². The molecule has 8 heteroatoms. The van der Waals surface area contributed by atoms with E-state index in [0.29, 0.717) is 24.7 Å². The molecule has 1 saturated heterocycles. The number of hydrogen-bond acceptors (Lipinski definition) is 6. The van der Waals surface area contributed by atoms with E-state index in [1.807, 2.05) is 4.90 Å². The van der Waals surface area contributed by atoms with Crippen molar-refractivity contribution in [2.45, 2.75) is 57.5 Å². The molecule has 2 aromatic heterocycles. The summed E-state index contributed by atoms with van der Waals surface area (Å²) in [6, 6.07) is 3.94. The fourth-order valence-corrected chi connectivity index (χ4v) is 4.95. The highest BCUT2D eigenvalue weighted by atomic mass is 16.2. The number of hydrogen-bond donors (Lipinski definition) is 0. The molecule has 0 radical (unpaired) electrons. The summed E-state index contributed by atoms with van der Waals surface area (Å²) in [4.78, 5) is 21.5. The molecule has 2 fully saturated rings. The van der Waals surface area contributed by atoms with Crippen LogP contribution in [0.25, 0.3) is 0 Å². The molecule has 28 heavy (non-hydrogen) atoms. The van der Waals surface area contributed by atoms with E-state index < -0.39 is 0 Å². The Bertz CT molecular complexity index is 798. The van der Waals surface area contributed by atoms with Gasteiger partial charge < -0.3 is 4.90 Å². The van der Waals surface area contributed by atoms with Crippen LogP contribution in [0.15, 0.2) is 24.5 Å². The molecule has 0 spiro atoms. The first-order valence-corrected chi connectivity index (χ1v) is 10.4. The second-order valence-electron chi connectivity index (χ2n) is 7.80. The lowest BCUT2D eigenvalue weighted by Gasteiger charge is -2.39. The molecule has 8 nitrogen and oxygen atoms in total. The summed E-state index contributed by atoms with van der Waals surface area (Å²) >= 11 is 0. The maximum atomic E-state index is 13.1. The van der Waals surface area contributed by atoms with Gasteiger partial charge in [-0.05, 0) is 54.9 Å². The average molecular weight is 384 g/mol. The summed E-state index contributed by atoms with van der Waals surface area (Å²) in [5.74, 6) is 0.976. The first-order valence-electron chi connectivity index (χ1n) is 10.4. The molecule has 1 atom stereocenters. The average Bonchev–Trinajstić information content (AvgIpc) is 3.48. The molecule has 0 aromatic carbocycles. The first-order chi connectivity index (χ1) is 13.7. The molecule has 0 bridgehead atoms. The van der Waals surface area contributed by atoms with Gasteiger partial charge in [-0.3, -0.25) is 14.7 Å². The topological polar surface area (TPSA) is 80.0 Å². The number of tetrazole rings is 1. The molecule has 1 aliphatic heterocycles. The van der Waals surface area contributed by atoms with Crippen LogP contribution in [-0.4, -0.2) is 67.1 Å². The van der Waals surface area contributed by atoms with Crippen LogP contribution in [0.1, 0.15) is 68.2 Å². The van der Waals surface area contributed by atoms with E-state index in [1.54, 1.807) is 24.5 Å². The quantitative estimate of drug-likeness (QED) is 0.761. The van der Waals surface area contributed by atoms with Gasteiger partial charge in [-0.2, -0.15) is 0 Å². The second-order valence-corrected chi connectivity index (χ2v) is 7.80. The lowest BCUT2D eigenvalue weighted by molar-refractivity contribution is 0.0661. The Labute approximate surface area is 165 Å². The van der Waals surface area contributed by atoms with Crippen molar-refractivity contribution >= 4 is 5.91 Å². The number of pyridine rings is 1. The van der Waals surface area contributed by atoms with Crippen LogP contribution >= 0.6 is 0 Å². The van der Waals surface area contributed by atoms with E-state index >= 15 is 0 Å². The fraction of sp³-hybridized carbons (Fsp3) is 0.650. The van der Waals surface area contributed by atoms with E-state index in [4.69, 9.17) is 0 Å². The van der Waals surface area contributed by atoms with Crippen LogP contribution < -0.4 is 0 Å². The van der Waals surface area contributed by atoms with Crippen molar-refractivity contribution in [3.05, 3.63) is 35.9 Å². The molecular formula is C20H29N7O. The maximum Gasteiger partial charge on any atom is 0.254 e. The van der Waals surface area contributed by atoms with Crippen LogP contribution in [0.3, 0.4) is 0 Å². The van der Waals surface area contributed by atoms with Gasteiger partial charge in [-0.15, -0.1) is 5.10 Å². The van der Waals surface area contributed by atoms with Gasteiger partial charge in [-0.1, -0.05) is 26.7 Å². The van der Waals surface area contributed by atoms with E-state index in [1.165, 1.54) is 12.8 Å². The lowest BCUT2D eigenvalue weighted by atomic mass is 9.94. The summed E-state index contributed by atoms with van der Waals surface area (Å²) in [7, 11) is 0. The minimum absolute atomic E-state index is 0.0521. The van der Waals surface area contributed by atoms with Crippen molar-refractivity contribution in [2.24, 2.45) is 0 Å². The minimum Gasteiger partial charge on any atom is -0.336 e. The summed E-state index contributed by atoms with van der Waals surface area (Å²) in [5.41, 5.74) is 0.346. The Balaban J connectivity index is 1.68. The van der Waals surface area contributed by atoms with E-state index in [-0.39, 0.29) is 11.4 Å². The van der Waals surface area contributed by atoms with Crippen LogP contribution in [0.4, 0.5) is 0 Å². The first kappa shape index (κ1) is 19.0. The third-order valence-electron chi connectivity index (χ3n) is 6.41. The highest BCUT2D eigenvalue weighted by Gasteiger charge is 2.49. The molecule has 1 unspecified atom stereocenters. The number of nitrogens with zero attached hydrogens (tertiary/aromatic N) is 7. The normalized spacial score (nSPS) is 23.0. The van der Waals surface area contributed by atoms with Gasteiger partial charge in [0.25, 0.3) is 5.91 Å². The number of rotatable bonds is 6. The highest BCUT2D eigenvalue weighted by Crippen LogP contribution is 2.40. The molecule has 2 aromatic rings. The Morgan fingerprint density at radius 1 is 1.21 bits per heavy atom. The zero-order chi connectivity index (χ0) is 19.6. The predicted molar refractivity (Wildman–Crippen MR) is 105 cm³/mol. The van der Waals surface area contributed by atoms with Gasteiger partial charge in [0, 0.05) is 31.0 Å². The zero-order valence-corrected chi connectivity index (χ0v) is 16.8. The van der Waals surface area contributed by atoms with Crippen molar-refractivity contribution in [1.29, 1.82) is 0 Å². The lowest BCUT2D eigenvalue weighted by Crippen LogP contribution is -2.50. The summed E-state index contributed by atoms with van der Waals surface area (Å²) in [6.45, 7) is 7.44. The number of carbonyl (C=O) groups excluding carboxylic acids is 1. The number of aromatic nitrogens is 5. The van der Waals surface area contributed by atoms with Crippen LogP contribution in [0.2, 0.25) is 0 Å². The maximum absolute atomic E-state index is 13.1. The zero-order valence-electron chi connectivity index (χ0n) is 16.8. The van der Waals surface area contributed by atoms with E-state index in [0.717, 1.165) is 38.2 Å². The highest BCUT2D eigenvalue weighted by molar-refractivity contribution is 5.94. The van der Waals surface area contributed by atoms with Gasteiger partial charge in [-0.25, -0.2) is 4.68 Å². The molecular weight excluding hydrogens is 354 g/mol. The van der Waals surface area contributed by atoms with Gasteiger partial charge in [0.2, 0.25) is 0 Å². The molecule has 2 aliphatic rings. The number of carbonyl (C=O) groups is 1. The monoisotopic (exact) mass is 383 g/mol. The largest absolute Gasteiger partial charge is 0.336 e. The molecule has 4 rings (SSSR count). The smallest absolute Gasteiger partial charge is 0.254 e. The number of likely N-dealkylation sites (tertiary alicyclic amines) is 1. The molecule has 1 saturated carbocycles. The molecule has 0 N–H and O–H groups in total. The van der Waals surface area contributed by atoms with Crippen molar-refractivity contribution in [3.8, 4) is 0 Å². The summed E-state index contributed by atoms with van der Waals surface area (Å²) in [5, 5.41) is 13.0. The Kier molecular flexibility index (Phi) is 5.39. The molecule has 1 amide bonds. The van der Waals surface area contributed by atoms with Gasteiger partial charge >= 0.3 is 0 Å². The van der Waals surface area contributed by atoms with Crippen molar-refractivity contribution in [1.82, 2.24) is 35.0 Å². The Morgan fingerprint density at radius 3 is 2.61 bits per heavy atom. The molecule has 3 heterocycles. The van der Waals surface area contributed by atoms with Crippen LogP contribution in [0, 0.1) is 0 Å². The standard InChI is InChI=1S/C20H29N7O/c1-3-26(4-2)20(19-22-23-24-27(19)17-7-5-6-8-17)11-14-25(15-20)18(28)16-9-12-21-13-10-16/h9-10,12-13,17H,3-8,11,14-15H2,1-2H3. The fourth-order valence-electron chi connectivity index (χ4n) is 4.95. The summed E-state index contributed by atoms with van der Waals surface area (Å²) < 4.78 is 2.06. The van der Waals surface area contributed by atoms with Crippen LogP contribution in [0.5, 0.6) is 0 Å². The van der Waals surface area contributed by atoms with Gasteiger partial charge in [0.15, 0.2) is 5.82 Å². The van der Waals surface area contributed by atoms with Crippen LogP contribution in [-0.2, 0) is 5.54 Å². The number of likely N-dealkylation sites (N-methyl/N-ethyl adjacent to an activating group) is 1. The third kappa shape index (κ3) is 3.19. The van der Waals surface area contributed by atoms with E-state index in [9.17, 15) is 4.79 Å².